The molecule has 5 nitrogen and oxygen atoms in total. The number of benzene rings is 3. The molecule has 1 aromatic heterocycles. The molecule has 0 aliphatic carbocycles. The summed E-state index contributed by atoms with van der Waals surface area (Å²) in [6.45, 7) is 10.7. The molecule has 0 aliphatic rings. The minimum Gasteiger partial charge on any atom is -0.496 e. The maximum absolute atomic E-state index is 13.4. The van der Waals surface area contributed by atoms with Crippen molar-refractivity contribution in [2.24, 2.45) is 10.4 Å². The molecule has 0 saturated carbocycles. The average molecular weight is 566 g/mol. The number of ether oxygens (including phenoxy) is 1. The van der Waals surface area contributed by atoms with Gasteiger partial charge in [-0.1, -0.05) is 87.4 Å². The molecular weight excluding hydrogens is 518 g/mol. The number of allylic oxidation sites excluding steroid dienone is 2. The zero-order valence-electron chi connectivity index (χ0n) is 26.1. The van der Waals surface area contributed by atoms with Gasteiger partial charge in [0.15, 0.2) is 0 Å². The van der Waals surface area contributed by atoms with Crippen LogP contribution in [0.4, 0.5) is 0 Å². The summed E-state index contributed by atoms with van der Waals surface area (Å²) in [5.74, 6) is 1.05. The number of hydrogen-bond donors (Lipinski definition) is 0. The molecule has 0 saturated heterocycles. The lowest BCUT2D eigenvalue weighted by Gasteiger charge is -2.20. The van der Waals surface area contributed by atoms with Crippen molar-refractivity contribution in [1.29, 1.82) is 0 Å². The van der Waals surface area contributed by atoms with Gasteiger partial charge in [-0.15, -0.1) is 0 Å². The number of hydrogen-bond acceptors (Lipinski definition) is 5. The highest BCUT2D eigenvalue weighted by Gasteiger charge is 2.18. The summed E-state index contributed by atoms with van der Waals surface area (Å²) in [5, 5.41) is 0.992. The molecule has 42 heavy (non-hydrogen) atoms. The topological polar surface area (TPSA) is 64.4 Å². The van der Waals surface area contributed by atoms with Gasteiger partial charge in [0, 0.05) is 45.7 Å². The van der Waals surface area contributed by atoms with E-state index in [1.165, 1.54) is 11.1 Å². The number of nitrogens with zero attached hydrogens (tertiary/aromatic N) is 3. The normalized spacial score (nSPS) is 12.5. The van der Waals surface area contributed by atoms with Crippen LogP contribution in [0.25, 0.3) is 10.9 Å². The molecule has 0 unspecified atom stereocenters. The van der Waals surface area contributed by atoms with E-state index in [-0.39, 0.29) is 14.1 Å². The van der Waals surface area contributed by atoms with Crippen molar-refractivity contribution in [1.82, 2.24) is 9.97 Å². The summed E-state index contributed by atoms with van der Waals surface area (Å²) in [7, 11) is 3.53. The highest BCUT2D eigenvalue weighted by molar-refractivity contribution is 6.00. The summed E-state index contributed by atoms with van der Waals surface area (Å²) in [5.41, 5.74) is 9.53. The summed E-state index contributed by atoms with van der Waals surface area (Å²) in [6, 6.07) is 21.0. The fraction of sp³-hybridized carbons (Fsp3) is 0.351. The predicted molar refractivity (Wildman–Crippen MR) is 178 cm³/mol. The molecule has 222 valence electrons. The van der Waals surface area contributed by atoms with E-state index in [0.29, 0.717) is 19.3 Å². The number of aromatic nitrogens is 2. The van der Waals surface area contributed by atoms with E-state index in [0.717, 1.165) is 63.2 Å². The van der Waals surface area contributed by atoms with Crippen molar-refractivity contribution in [3.8, 4) is 5.75 Å². The summed E-state index contributed by atoms with van der Waals surface area (Å²) in [6.07, 6.45) is 6.78. The van der Waals surface area contributed by atoms with Gasteiger partial charge in [-0.3, -0.25) is 9.79 Å². The summed E-state index contributed by atoms with van der Waals surface area (Å²) in [4.78, 5) is 27.1. The van der Waals surface area contributed by atoms with Crippen molar-refractivity contribution in [3.05, 3.63) is 112 Å². The van der Waals surface area contributed by atoms with Gasteiger partial charge in [0.1, 0.15) is 17.9 Å². The van der Waals surface area contributed by atoms with E-state index >= 15 is 0 Å². The number of aryl methyl sites for hydroxylation is 2. The third-order valence-corrected chi connectivity index (χ3v) is 7.59. The Morgan fingerprint density at radius 2 is 1.71 bits per heavy atom. The summed E-state index contributed by atoms with van der Waals surface area (Å²) >= 11 is 0. The SMILES string of the molecule is CCc1cc2ncnc(Cc3cccc(CC(=O)C/C(=C/C(=NC)C(C)(C)C)Cc4ccc(C)cc4)c3)c2cc1OC.[HH].[HH]. The van der Waals surface area contributed by atoms with E-state index in [1.54, 1.807) is 13.4 Å². The lowest BCUT2D eigenvalue weighted by atomic mass is 9.86. The molecule has 3 aromatic carbocycles. The van der Waals surface area contributed by atoms with E-state index in [9.17, 15) is 4.79 Å². The highest BCUT2D eigenvalue weighted by Crippen LogP contribution is 2.28. The number of carbonyl (C=O) groups excluding carboxylic acids is 1. The summed E-state index contributed by atoms with van der Waals surface area (Å²) < 4.78 is 5.63. The van der Waals surface area contributed by atoms with E-state index in [4.69, 9.17) is 4.74 Å². The van der Waals surface area contributed by atoms with Crippen LogP contribution < -0.4 is 4.74 Å². The Kier molecular flexibility index (Phi) is 10.1. The van der Waals surface area contributed by atoms with Gasteiger partial charge in [-0.25, -0.2) is 9.97 Å². The van der Waals surface area contributed by atoms with Crippen LogP contribution in [0.2, 0.25) is 0 Å². The van der Waals surface area contributed by atoms with Crippen LogP contribution in [-0.4, -0.2) is 35.6 Å². The molecular formula is C37H47N3O2. The number of rotatable bonds is 11. The van der Waals surface area contributed by atoms with Crippen LogP contribution in [0.5, 0.6) is 5.75 Å². The van der Waals surface area contributed by atoms with Gasteiger partial charge < -0.3 is 4.74 Å². The average Bonchev–Trinajstić information content (AvgIpc) is 2.96. The third-order valence-electron chi connectivity index (χ3n) is 7.59. The molecule has 0 aliphatic heterocycles. The fourth-order valence-corrected chi connectivity index (χ4v) is 5.32. The monoisotopic (exact) mass is 565 g/mol. The standard InChI is InChI=1S/C37H43N3O2.2H2/c1-8-30-22-34-32(23-35(30)42-7)33(39-24-40-34)20-28-11-9-10-27(17-28)18-31(41)19-29(21-36(38-6)37(3,4)5)16-26-14-12-25(2)13-15-26;;/h9-15,17,21-24H,8,16,18-20H2,1-7H3;2*1H/b29-21+,38-36?;;. The van der Waals surface area contributed by atoms with Gasteiger partial charge in [0.2, 0.25) is 0 Å². The first kappa shape index (κ1) is 30.8. The van der Waals surface area contributed by atoms with Gasteiger partial charge in [0.05, 0.1) is 18.3 Å². The zero-order valence-corrected chi connectivity index (χ0v) is 26.1. The van der Waals surface area contributed by atoms with Gasteiger partial charge in [0.25, 0.3) is 0 Å². The van der Waals surface area contributed by atoms with Crippen molar-refractivity contribution >= 4 is 22.4 Å². The van der Waals surface area contributed by atoms with Crippen LogP contribution in [0.3, 0.4) is 0 Å². The molecule has 5 heteroatoms. The van der Waals surface area contributed by atoms with Crippen molar-refractivity contribution < 1.29 is 12.4 Å². The van der Waals surface area contributed by atoms with Crippen LogP contribution >= 0.6 is 0 Å². The molecule has 0 amide bonds. The number of Topliss-reactive ketones (excluding diaryl/α,β-unsaturated/α-hetero) is 1. The molecule has 0 fully saturated rings. The molecule has 0 radical (unpaired) electrons. The first-order chi connectivity index (χ1) is 20.1. The molecule has 4 rings (SSSR count). The quantitative estimate of drug-likeness (QED) is 0.171. The smallest absolute Gasteiger partial charge is 0.141 e. The second-order valence-electron chi connectivity index (χ2n) is 12.1. The fourth-order valence-electron chi connectivity index (χ4n) is 5.32. The number of fused-ring (bicyclic) bond motifs is 1. The number of aliphatic imine (C=N–C) groups is 1. The third kappa shape index (κ3) is 8.00. The van der Waals surface area contributed by atoms with Crippen LogP contribution in [0.15, 0.2) is 83.6 Å². The maximum Gasteiger partial charge on any atom is 0.141 e. The lowest BCUT2D eigenvalue weighted by Crippen LogP contribution is -2.19. The van der Waals surface area contributed by atoms with Crippen LogP contribution in [0, 0.1) is 12.3 Å². The van der Waals surface area contributed by atoms with Crippen molar-refractivity contribution in [2.45, 2.75) is 66.7 Å². The Morgan fingerprint density at radius 3 is 2.38 bits per heavy atom. The second kappa shape index (κ2) is 13.7. The Bertz CT molecular complexity index is 1620. The Balaban J connectivity index is 0.00000337. The highest BCUT2D eigenvalue weighted by atomic mass is 16.5. The number of methoxy groups -OCH3 is 1. The Morgan fingerprint density at radius 1 is 0.976 bits per heavy atom. The predicted octanol–water partition coefficient (Wildman–Crippen LogP) is 8.38. The van der Waals surface area contributed by atoms with Gasteiger partial charge in [-0.05, 0) is 60.2 Å². The second-order valence-corrected chi connectivity index (χ2v) is 12.1. The minimum absolute atomic E-state index is 0. The molecule has 0 bridgehead atoms. The molecule has 0 N–H and O–H groups in total. The largest absolute Gasteiger partial charge is 0.496 e. The minimum atomic E-state index is -0.0993. The van der Waals surface area contributed by atoms with Crippen molar-refractivity contribution in [2.75, 3.05) is 14.2 Å². The molecule has 1 heterocycles. The maximum atomic E-state index is 13.4. The Labute approximate surface area is 253 Å². The van der Waals surface area contributed by atoms with Crippen LogP contribution in [-0.2, 0) is 30.5 Å². The molecule has 4 aromatic rings. The number of carbonyl (C=O) groups is 1. The van der Waals surface area contributed by atoms with Gasteiger partial charge >= 0.3 is 0 Å². The first-order valence-corrected chi connectivity index (χ1v) is 14.7. The molecule has 0 atom stereocenters. The molecule has 0 spiro atoms. The van der Waals surface area contributed by atoms with E-state index in [2.05, 4.69) is 98.1 Å². The van der Waals surface area contributed by atoms with E-state index < -0.39 is 0 Å². The first-order valence-electron chi connectivity index (χ1n) is 14.7. The van der Waals surface area contributed by atoms with Crippen molar-refractivity contribution in [3.63, 3.8) is 0 Å². The number of ketones is 1. The Hall–Kier alpha value is -4.12. The van der Waals surface area contributed by atoms with E-state index in [1.807, 2.05) is 25.2 Å². The van der Waals surface area contributed by atoms with Gasteiger partial charge in [-0.2, -0.15) is 0 Å². The van der Waals surface area contributed by atoms with Crippen LogP contribution in [0.1, 0.15) is 70.5 Å². The lowest BCUT2D eigenvalue weighted by molar-refractivity contribution is -0.117. The zero-order chi connectivity index (χ0) is 30.3.